The van der Waals surface area contributed by atoms with E-state index in [1.807, 2.05) is 0 Å². The average molecular weight is 480 g/mol. The number of fused-ring (bicyclic) bond motifs is 2. The molecule has 3 nitrogen and oxygen atoms in total. The largest absolute Gasteiger partial charge is 0.400 e. The van der Waals surface area contributed by atoms with Crippen molar-refractivity contribution in [3.63, 3.8) is 0 Å². The summed E-state index contributed by atoms with van der Waals surface area (Å²) in [6.07, 6.45) is -0.0391. The number of ketones is 2. The Hall–Kier alpha value is -0.210. The van der Waals surface area contributed by atoms with Crippen LogP contribution in [-0.2, 0) is 12.8 Å². The molecular weight excluding hydrogens is 465 g/mol. The summed E-state index contributed by atoms with van der Waals surface area (Å²) in [4.78, 5) is 22.3. The van der Waals surface area contributed by atoms with E-state index in [9.17, 15) is 14.0 Å². The SMILES string of the molecule is C.CO.O=C1CCc2c(Cl)sc(Cl)c21.O=C1c2c(Cl)sc(Cl)c2CC1F. The third-order valence-electron chi connectivity index (χ3n) is 3.62. The molecule has 0 amide bonds. The van der Waals surface area contributed by atoms with Crippen LogP contribution in [0.2, 0.25) is 17.3 Å². The van der Waals surface area contributed by atoms with Crippen molar-refractivity contribution in [2.24, 2.45) is 0 Å². The topological polar surface area (TPSA) is 54.4 Å². The Kier molecular flexibility index (Phi) is 9.00. The number of carbonyl (C=O) groups excluding carboxylic acids is 2. The van der Waals surface area contributed by atoms with Crippen molar-refractivity contribution in [3.05, 3.63) is 39.6 Å². The van der Waals surface area contributed by atoms with Gasteiger partial charge in [0.05, 0.1) is 19.8 Å². The molecule has 0 aliphatic heterocycles. The van der Waals surface area contributed by atoms with Gasteiger partial charge in [-0.1, -0.05) is 53.8 Å². The van der Waals surface area contributed by atoms with Gasteiger partial charge in [0.25, 0.3) is 0 Å². The van der Waals surface area contributed by atoms with Gasteiger partial charge >= 0.3 is 0 Å². The molecule has 0 fully saturated rings. The number of hydrogen-bond donors (Lipinski definition) is 1. The van der Waals surface area contributed by atoms with Crippen molar-refractivity contribution < 1.29 is 19.1 Å². The minimum atomic E-state index is -1.45. The Labute approximate surface area is 178 Å². The average Bonchev–Trinajstić information content (AvgIpc) is 3.25. The van der Waals surface area contributed by atoms with Crippen LogP contribution in [0.5, 0.6) is 0 Å². The van der Waals surface area contributed by atoms with Gasteiger partial charge in [-0.25, -0.2) is 4.39 Å². The fourth-order valence-electron chi connectivity index (χ4n) is 2.54. The van der Waals surface area contributed by atoms with E-state index >= 15 is 0 Å². The summed E-state index contributed by atoms with van der Waals surface area (Å²) in [6.45, 7) is 0. The van der Waals surface area contributed by atoms with E-state index in [0.29, 0.717) is 40.5 Å². The summed E-state index contributed by atoms with van der Waals surface area (Å²) in [5, 5.41) is 7.00. The molecule has 0 radical (unpaired) electrons. The number of alkyl halides is 1. The van der Waals surface area contributed by atoms with Crippen molar-refractivity contribution in [3.8, 4) is 0 Å². The third kappa shape index (κ3) is 4.43. The number of aliphatic hydroxyl groups excluding tert-OH is 1. The predicted octanol–water partition coefficient (Wildman–Crippen LogP) is 6.56. The molecule has 1 atom stereocenters. The standard InChI is InChI=1S/C7H3Cl2FOS.C7H4Cl2OS.CH4O.CH4/c8-6-2-1-3(10)5(11)4(2)7(9)12-6;8-6-3-1-2-4(10)5(3)7(9)11-6;1-2;/h3H,1H2;1-2H2;2H,1H3;1H4. The third-order valence-corrected chi connectivity index (χ3v) is 7.00. The van der Waals surface area contributed by atoms with Crippen molar-refractivity contribution >= 4 is 80.6 Å². The highest BCUT2D eigenvalue weighted by atomic mass is 35.5. The van der Waals surface area contributed by atoms with Crippen LogP contribution in [0.3, 0.4) is 0 Å². The maximum absolute atomic E-state index is 12.8. The molecule has 1 N–H and O–H groups in total. The van der Waals surface area contributed by atoms with Gasteiger partial charge in [-0.2, -0.15) is 0 Å². The molecule has 2 aliphatic carbocycles. The van der Waals surface area contributed by atoms with Crippen LogP contribution in [0.4, 0.5) is 4.39 Å². The second-order valence-corrected chi connectivity index (χ2v) is 9.41. The van der Waals surface area contributed by atoms with Crippen LogP contribution in [0, 0.1) is 0 Å². The Morgan fingerprint density at radius 2 is 1.38 bits per heavy atom. The number of carbonyl (C=O) groups is 2. The fourth-order valence-corrected chi connectivity index (χ4v) is 6.10. The molecule has 4 rings (SSSR count). The lowest BCUT2D eigenvalue weighted by atomic mass is 10.2. The van der Waals surface area contributed by atoms with Crippen LogP contribution in [0.25, 0.3) is 0 Å². The van der Waals surface area contributed by atoms with E-state index < -0.39 is 12.0 Å². The maximum Gasteiger partial charge on any atom is 0.199 e. The minimum Gasteiger partial charge on any atom is -0.400 e. The molecule has 26 heavy (non-hydrogen) atoms. The van der Waals surface area contributed by atoms with Crippen LogP contribution >= 0.6 is 69.1 Å². The van der Waals surface area contributed by atoms with E-state index in [1.54, 1.807) is 0 Å². The van der Waals surface area contributed by atoms with Gasteiger partial charge in [-0.3, -0.25) is 9.59 Å². The van der Waals surface area contributed by atoms with Gasteiger partial charge < -0.3 is 5.11 Å². The first-order valence-electron chi connectivity index (χ1n) is 6.90. The van der Waals surface area contributed by atoms with Crippen LogP contribution < -0.4 is 0 Å². The van der Waals surface area contributed by atoms with Gasteiger partial charge in [-0.05, 0) is 17.5 Å². The number of Topliss-reactive ketones (excluding diaryl/α,β-unsaturated/α-hetero) is 2. The summed E-state index contributed by atoms with van der Waals surface area (Å²) >= 11 is 25.5. The first-order chi connectivity index (χ1) is 11.8. The lowest BCUT2D eigenvalue weighted by molar-refractivity contribution is 0.0899. The molecular formula is C16H15Cl4FO3S2. The summed E-state index contributed by atoms with van der Waals surface area (Å²) < 4.78 is 14.8. The molecule has 144 valence electrons. The molecule has 2 aliphatic rings. The fraction of sp³-hybridized carbons (Fsp3) is 0.375. The first-order valence-corrected chi connectivity index (χ1v) is 10.0. The molecule has 10 heteroatoms. The molecule has 0 spiro atoms. The second kappa shape index (κ2) is 9.82. The summed E-state index contributed by atoms with van der Waals surface area (Å²) in [6, 6.07) is 0. The van der Waals surface area contributed by atoms with Gasteiger partial charge in [0, 0.05) is 20.0 Å². The molecule has 2 aromatic heterocycles. The zero-order chi connectivity index (χ0) is 18.9. The van der Waals surface area contributed by atoms with E-state index in [2.05, 4.69) is 0 Å². The lowest BCUT2D eigenvalue weighted by Gasteiger charge is -1.92. The number of aliphatic hydroxyl groups is 1. The highest BCUT2D eigenvalue weighted by Gasteiger charge is 2.36. The van der Waals surface area contributed by atoms with Crippen LogP contribution in [0.1, 0.15) is 45.7 Å². The van der Waals surface area contributed by atoms with Crippen LogP contribution in [-0.4, -0.2) is 30.0 Å². The zero-order valence-electron chi connectivity index (χ0n) is 12.7. The Bertz CT molecular complexity index is 832. The highest BCUT2D eigenvalue weighted by Crippen LogP contribution is 2.42. The number of hydrogen-bond acceptors (Lipinski definition) is 5. The molecule has 0 aromatic carbocycles. The summed E-state index contributed by atoms with van der Waals surface area (Å²) in [5.41, 5.74) is 2.48. The van der Waals surface area contributed by atoms with E-state index in [4.69, 9.17) is 51.5 Å². The van der Waals surface area contributed by atoms with E-state index in [-0.39, 0.29) is 19.6 Å². The normalized spacial score (nSPS) is 16.8. The highest BCUT2D eigenvalue weighted by molar-refractivity contribution is 7.21. The molecule has 2 heterocycles. The van der Waals surface area contributed by atoms with E-state index in [0.717, 1.165) is 30.4 Å². The maximum atomic E-state index is 12.8. The zero-order valence-corrected chi connectivity index (χ0v) is 17.3. The smallest absolute Gasteiger partial charge is 0.199 e. The van der Waals surface area contributed by atoms with Crippen molar-refractivity contribution in [2.45, 2.75) is 32.9 Å². The quantitative estimate of drug-likeness (QED) is 0.465. The molecule has 0 saturated heterocycles. The van der Waals surface area contributed by atoms with Gasteiger partial charge in [0.15, 0.2) is 17.7 Å². The molecule has 0 bridgehead atoms. The minimum absolute atomic E-state index is 0. The van der Waals surface area contributed by atoms with Gasteiger partial charge in [0.2, 0.25) is 0 Å². The van der Waals surface area contributed by atoms with Crippen molar-refractivity contribution in [1.82, 2.24) is 0 Å². The molecule has 0 saturated carbocycles. The first kappa shape index (κ1) is 23.8. The molecule has 1 unspecified atom stereocenters. The molecule has 2 aromatic rings. The van der Waals surface area contributed by atoms with Crippen molar-refractivity contribution in [2.75, 3.05) is 7.11 Å². The summed E-state index contributed by atoms with van der Waals surface area (Å²) in [5.74, 6) is -0.397. The Morgan fingerprint density at radius 1 is 0.885 bits per heavy atom. The van der Waals surface area contributed by atoms with E-state index in [1.165, 1.54) is 11.3 Å². The van der Waals surface area contributed by atoms with Crippen molar-refractivity contribution in [1.29, 1.82) is 0 Å². The monoisotopic (exact) mass is 478 g/mol. The number of halogens is 5. The number of thiophene rings is 2. The van der Waals surface area contributed by atoms with Gasteiger partial charge in [0.1, 0.15) is 8.67 Å². The second-order valence-electron chi connectivity index (χ2n) is 4.97. The predicted molar refractivity (Wildman–Crippen MR) is 109 cm³/mol. The van der Waals surface area contributed by atoms with Crippen LogP contribution in [0.15, 0.2) is 0 Å². The number of rotatable bonds is 0. The summed E-state index contributed by atoms with van der Waals surface area (Å²) in [7, 11) is 1.00. The Balaban J connectivity index is 0.000000230. The lowest BCUT2D eigenvalue weighted by Crippen LogP contribution is -2.08. The Morgan fingerprint density at radius 3 is 1.88 bits per heavy atom. The van der Waals surface area contributed by atoms with Gasteiger partial charge in [-0.15, -0.1) is 22.7 Å².